The van der Waals surface area contributed by atoms with Crippen LogP contribution in [0, 0.1) is 0 Å². The van der Waals surface area contributed by atoms with E-state index < -0.39 is 0 Å². The Kier molecular flexibility index (Phi) is 4.56. The van der Waals surface area contributed by atoms with E-state index >= 15 is 0 Å². The molecule has 19 heavy (non-hydrogen) atoms. The van der Waals surface area contributed by atoms with Crippen LogP contribution in [0.15, 0.2) is 23.6 Å². The summed E-state index contributed by atoms with van der Waals surface area (Å²) in [5, 5.41) is 6.34. The van der Waals surface area contributed by atoms with E-state index in [1.165, 1.54) is 5.56 Å². The van der Waals surface area contributed by atoms with Gasteiger partial charge >= 0.3 is 0 Å². The first-order valence-corrected chi connectivity index (χ1v) is 7.31. The van der Waals surface area contributed by atoms with E-state index in [0.717, 1.165) is 28.6 Å². The highest BCUT2D eigenvalue weighted by Gasteiger charge is 2.11. The van der Waals surface area contributed by atoms with Gasteiger partial charge in [-0.15, -0.1) is 11.3 Å². The van der Waals surface area contributed by atoms with Gasteiger partial charge in [-0.2, -0.15) is 0 Å². The van der Waals surface area contributed by atoms with Crippen molar-refractivity contribution in [2.75, 3.05) is 14.2 Å². The Morgan fingerprint density at radius 2 is 2.16 bits per heavy atom. The molecule has 0 saturated heterocycles. The molecule has 1 heterocycles. The summed E-state index contributed by atoms with van der Waals surface area (Å²) in [5.41, 5.74) is 3.42. The Morgan fingerprint density at radius 1 is 1.37 bits per heavy atom. The molecule has 0 fully saturated rings. The van der Waals surface area contributed by atoms with E-state index in [4.69, 9.17) is 4.74 Å². The first kappa shape index (κ1) is 14.0. The molecule has 0 unspecified atom stereocenters. The number of ether oxygens (including phenoxy) is 1. The van der Waals surface area contributed by atoms with Gasteiger partial charge in [-0.25, -0.2) is 4.98 Å². The molecule has 102 valence electrons. The molecule has 0 atom stereocenters. The van der Waals surface area contributed by atoms with Crippen molar-refractivity contribution in [2.45, 2.75) is 26.3 Å². The lowest BCUT2D eigenvalue weighted by atomic mass is 9.99. The van der Waals surface area contributed by atoms with Gasteiger partial charge in [0.1, 0.15) is 10.8 Å². The predicted molar refractivity (Wildman–Crippen MR) is 81.0 cm³/mol. The summed E-state index contributed by atoms with van der Waals surface area (Å²) < 4.78 is 5.41. The molecule has 0 spiro atoms. The lowest BCUT2D eigenvalue weighted by Gasteiger charge is -2.12. The zero-order valence-corrected chi connectivity index (χ0v) is 12.7. The van der Waals surface area contributed by atoms with Crippen molar-refractivity contribution in [3.05, 3.63) is 34.2 Å². The molecule has 2 rings (SSSR count). The van der Waals surface area contributed by atoms with Gasteiger partial charge in [-0.05, 0) is 36.7 Å². The maximum atomic E-state index is 5.41. The molecule has 0 saturated carbocycles. The van der Waals surface area contributed by atoms with Crippen LogP contribution in [0.4, 0.5) is 0 Å². The molecule has 4 heteroatoms. The summed E-state index contributed by atoms with van der Waals surface area (Å²) in [6.07, 6.45) is 0. The largest absolute Gasteiger partial charge is 0.496 e. The molecule has 2 aromatic rings. The molecule has 0 radical (unpaired) electrons. The summed E-state index contributed by atoms with van der Waals surface area (Å²) in [4.78, 5) is 4.64. The van der Waals surface area contributed by atoms with Crippen LogP contribution in [0.1, 0.15) is 30.3 Å². The summed E-state index contributed by atoms with van der Waals surface area (Å²) in [6, 6.07) is 6.28. The quantitative estimate of drug-likeness (QED) is 0.905. The molecule has 0 aliphatic carbocycles. The number of rotatable bonds is 5. The fraction of sp³-hybridized carbons (Fsp3) is 0.400. The highest BCUT2D eigenvalue weighted by Crippen LogP contribution is 2.31. The molecule has 0 aliphatic rings. The smallest absolute Gasteiger partial charge is 0.122 e. The molecule has 1 N–H and O–H groups in total. The minimum absolute atomic E-state index is 0.435. The fourth-order valence-corrected chi connectivity index (χ4v) is 2.84. The Balaban J connectivity index is 2.36. The first-order valence-electron chi connectivity index (χ1n) is 6.43. The summed E-state index contributed by atoms with van der Waals surface area (Å²) >= 11 is 1.69. The van der Waals surface area contributed by atoms with Crippen LogP contribution in [-0.4, -0.2) is 19.1 Å². The van der Waals surface area contributed by atoms with Crippen molar-refractivity contribution in [1.29, 1.82) is 0 Å². The second-order valence-electron chi connectivity index (χ2n) is 4.77. The first-order chi connectivity index (χ1) is 9.15. The average Bonchev–Trinajstić information content (AvgIpc) is 2.87. The van der Waals surface area contributed by atoms with Crippen molar-refractivity contribution < 1.29 is 4.74 Å². The summed E-state index contributed by atoms with van der Waals surface area (Å²) in [6.45, 7) is 5.17. The lowest BCUT2D eigenvalue weighted by Crippen LogP contribution is -2.04. The normalized spacial score (nSPS) is 11.0. The van der Waals surface area contributed by atoms with E-state index in [2.05, 4.69) is 41.7 Å². The zero-order chi connectivity index (χ0) is 13.8. The number of nitrogens with one attached hydrogen (secondary N) is 1. The van der Waals surface area contributed by atoms with Crippen LogP contribution in [0.2, 0.25) is 0 Å². The molecule has 0 aliphatic heterocycles. The van der Waals surface area contributed by atoms with Crippen molar-refractivity contribution in [1.82, 2.24) is 10.3 Å². The molecule has 1 aromatic carbocycles. The predicted octanol–water partition coefficient (Wildman–Crippen LogP) is 3.66. The lowest BCUT2D eigenvalue weighted by molar-refractivity contribution is 0.407. The number of hydrogen-bond acceptors (Lipinski definition) is 4. The van der Waals surface area contributed by atoms with Gasteiger partial charge in [0.2, 0.25) is 0 Å². The van der Waals surface area contributed by atoms with Crippen LogP contribution >= 0.6 is 11.3 Å². The Hall–Kier alpha value is -1.39. The van der Waals surface area contributed by atoms with Crippen LogP contribution in [0.3, 0.4) is 0 Å². The second kappa shape index (κ2) is 6.17. The average molecular weight is 276 g/mol. The van der Waals surface area contributed by atoms with E-state index in [1.807, 2.05) is 13.1 Å². The maximum absolute atomic E-state index is 5.41. The standard InChI is InChI=1S/C15H20N2OS/c1-10(2)12-7-11(5-6-14(12)18-4)13-9-19-15(17-13)8-16-3/h5-7,9-10,16H,8H2,1-4H3. The van der Waals surface area contributed by atoms with Crippen LogP contribution in [0.5, 0.6) is 5.75 Å². The van der Waals surface area contributed by atoms with Gasteiger partial charge in [0.15, 0.2) is 0 Å². The van der Waals surface area contributed by atoms with Crippen LogP contribution in [-0.2, 0) is 6.54 Å². The van der Waals surface area contributed by atoms with Gasteiger partial charge in [0.25, 0.3) is 0 Å². The minimum atomic E-state index is 0.435. The van der Waals surface area contributed by atoms with E-state index in [9.17, 15) is 0 Å². The molecule has 3 nitrogen and oxygen atoms in total. The minimum Gasteiger partial charge on any atom is -0.496 e. The fourth-order valence-electron chi connectivity index (χ4n) is 2.02. The van der Waals surface area contributed by atoms with Crippen molar-refractivity contribution in [3.63, 3.8) is 0 Å². The van der Waals surface area contributed by atoms with Gasteiger partial charge in [-0.1, -0.05) is 13.8 Å². The Morgan fingerprint density at radius 3 is 2.79 bits per heavy atom. The SMILES string of the molecule is CNCc1nc(-c2ccc(OC)c(C(C)C)c2)cs1. The van der Waals surface area contributed by atoms with Gasteiger partial charge < -0.3 is 10.1 Å². The summed E-state index contributed by atoms with van der Waals surface area (Å²) in [7, 11) is 3.65. The van der Waals surface area contributed by atoms with Crippen molar-refractivity contribution in [3.8, 4) is 17.0 Å². The number of hydrogen-bond donors (Lipinski definition) is 1. The van der Waals surface area contributed by atoms with Crippen LogP contribution < -0.4 is 10.1 Å². The van der Waals surface area contributed by atoms with Crippen molar-refractivity contribution in [2.24, 2.45) is 0 Å². The van der Waals surface area contributed by atoms with E-state index in [-0.39, 0.29) is 0 Å². The van der Waals surface area contributed by atoms with Crippen LogP contribution in [0.25, 0.3) is 11.3 Å². The monoisotopic (exact) mass is 276 g/mol. The molecule has 0 amide bonds. The van der Waals surface area contributed by atoms with Gasteiger partial charge in [0, 0.05) is 17.5 Å². The van der Waals surface area contributed by atoms with E-state index in [1.54, 1.807) is 18.4 Å². The highest BCUT2D eigenvalue weighted by atomic mass is 32.1. The zero-order valence-electron chi connectivity index (χ0n) is 11.9. The molecular formula is C15H20N2OS. The number of benzene rings is 1. The van der Waals surface area contributed by atoms with E-state index in [0.29, 0.717) is 5.92 Å². The molecule has 0 bridgehead atoms. The number of methoxy groups -OCH3 is 1. The third kappa shape index (κ3) is 3.14. The Bertz CT molecular complexity index is 549. The number of nitrogens with zero attached hydrogens (tertiary/aromatic N) is 1. The second-order valence-corrected chi connectivity index (χ2v) is 5.71. The third-order valence-electron chi connectivity index (χ3n) is 3.03. The summed E-state index contributed by atoms with van der Waals surface area (Å²) in [5.74, 6) is 1.38. The van der Waals surface area contributed by atoms with Gasteiger partial charge in [0.05, 0.1) is 12.8 Å². The Labute approximate surface area is 118 Å². The molecule has 1 aromatic heterocycles. The third-order valence-corrected chi connectivity index (χ3v) is 3.88. The van der Waals surface area contributed by atoms with Gasteiger partial charge in [-0.3, -0.25) is 0 Å². The number of thiazole rings is 1. The highest BCUT2D eigenvalue weighted by molar-refractivity contribution is 7.09. The maximum Gasteiger partial charge on any atom is 0.122 e. The molecular weight excluding hydrogens is 256 g/mol. The topological polar surface area (TPSA) is 34.2 Å². The van der Waals surface area contributed by atoms with Crippen molar-refractivity contribution >= 4 is 11.3 Å². The number of aromatic nitrogens is 1.